The van der Waals surface area contributed by atoms with E-state index in [9.17, 15) is 4.39 Å². The van der Waals surface area contributed by atoms with Crippen LogP contribution in [0.4, 0.5) is 4.39 Å². The molecule has 0 saturated heterocycles. The lowest BCUT2D eigenvalue weighted by molar-refractivity contribution is 0.415. The third kappa shape index (κ3) is 2.37. The van der Waals surface area contributed by atoms with Gasteiger partial charge in [-0.15, -0.1) is 11.3 Å². The van der Waals surface area contributed by atoms with Crippen LogP contribution in [0, 0.1) is 12.7 Å². The van der Waals surface area contributed by atoms with Crippen LogP contribution in [0.3, 0.4) is 0 Å². The Bertz CT molecular complexity index is 566. The largest absolute Gasteiger partial charge is 0.496 e. The molecule has 2 aromatic rings. The van der Waals surface area contributed by atoms with Crippen molar-refractivity contribution in [2.24, 2.45) is 5.73 Å². The van der Waals surface area contributed by atoms with E-state index >= 15 is 0 Å². The summed E-state index contributed by atoms with van der Waals surface area (Å²) in [6.07, 6.45) is 0. The summed E-state index contributed by atoms with van der Waals surface area (Å²) >= 11 is 1.53. The molecule has 0 aliphatic rings. The van der Waals surface area contributed by atoms with Crippen LogP contribution >= 0.6 is 11.3 Å². The minimum absolute atomic E-state index is 0.123. The highest BCUT2D eigenvalue weighted by molar-refractivity contribution is 7.12. The maximum Gasteiger partial charge on any atom is 0.128 e. The van der Waals surface area contributed by atoms with Crippen LogP contribution in [0.5, 0.6) is 5.75 Å². The molecule has 1 unspecified atom stereocenters. The number of rotatable bonds is 3. The molecule has 0 radical (unpaired) electrons. The van der Waals surface area contributed by atoms with Crippen molar-refractivity contribution in [3.63, 3.8) is 0 Å². The van der Waals surface area contributed by atoms with Crippen molar-refractivity contribution in [3.8, 4) is 17.0 Å². The van der Waals surface area contributed by atoms with Gasteiger partial charge in [-0.3, -0.25) is 0 Å². The fraction of sp³-hybridized carbons (Fsp3) is 0.308. The fourth-order valence-electron chi connectivity index (χ4n) is 1.73. The monoisotopic (exact) mass is 266 g/mol. The van der Waals surface area contributed by atoms with Gasteiger partial charge in [0, 0.05) is 10.4 Å². The molecule has 3 nitrogen and oxygen atoms in total. The van der Waals surface area contributed by atoms with Gasteiger partial charge in [-0.1, -0.05) is 0 Å². The summed E-state index contributed by atoms with van der Waals surface area (Å²) in [6, 6.07) is 4.29. The summed E-state index contributed by atoms with van der Waals surface area (Å²) in [4.78, 5) is 5.48. The smallest absolute Gasteiger partial charge is 0.128 e. The van der Waals surface area contributed by atoms with E-state index in [-0.39, 0.29) is 11.9 Å². The number of hydrogen-bond donors (Lipinski definition) is 1. The van der Waals surface area contributed by atoms with Crippen LogP contribution in [-0.2, 0) is 0 Å². The van der Waals surface area contributed by atoms with Crippen LogP contribution in [0.15, 0.2) is 18.2 Å². The van der Waals surface area contributed by atoms with Gasteiger partial charge >= 0.3 is 0 Å². The van der Waals surface area contributed by atoms with E-state index in [1.807, 2.05) is 13.8 Å². The van der Waals surface area contributed by atoms with Gasteiger partial charge in [-0.2, -0.15) is 0 Å². The van der Waals surface area contributed by atoms with Crippen molar-refractivity contribution < 1.29 is 9.13 Å². The van der Waals surface area contributed by atoms with Gasteiger partial charge in [0.25, 0.3) is 0 Å². The number of thiazole rings is 1. The summed E-state index contributed by atoms with van der Waals surface area (Å²) in [7, 11) is 1.56. The van der Waals surface area contributed by atoms with Crippen molar-refractivity contribution in [2.45, 2.75) is 19.9 Å². The molecule has 0 aliphatic carbocycles. The molecule has 0 spiro atoms. The first kappa shape index (κ1) is 13.0. The Morgan fingerprint density at radius 2 is 2.17 bits per heavy atom. The standard InChI is InChI=1S/C13H15FN2OS/c1-7(15)13-16-12(8(2)18-13)10-6-9(14)4-5-11(10)17-3/h4-7H,15H2,1-3H3. The second-order valence-electron chi connectivity index (χ2n) is 4.09. The molecular weight excluding hydrogens is 251 g/mol. The Balaban J connectivity index is 2.57. The van der Waals surface area contributed by atoms with E-state index in [1.54, 1.807) is 13.2 Å². The highest BCUT2D eigenvalue weighted by atomic mass is 32.1. The molecule has 1 atom stereocenters. The van der Waals surface area contributed by atoms with Crippen molar-refractivity contribution >= 4 is 11.3 Å². The number of nitrogens with two attached hydrogens (primary N) is 1. The predicted octanol–water partition coefficient (Wildman–Crippen LogP) is 3.29. The number of nitrogens with zero attached hydrogens (tertiary/aromatic N) is 1. The van der Waals surface area contributed by atoms with E-state index < -0.39 is 0 Å². The van der Waals surface area contributed by atoms with Crippen LogP contribution in [0.1, 0.15) is 22.9 Å². The predicted molar refractivity (Wildman–Crippen MR) is 71.4 cm³/mol. The first-order valence-corrected chi connectivity index (χ1v) is 6.41. The van der Waals surface area contributed by atoms with E-state index in [0.717, 1.165) is 15.6 Å². The summed E-state index contributed by atoms with van der Waals surface area (Å²) in [5.41, 5.74) is 7.22. The lowest BCUT2D eigenvalue weighted by Crippen LogP contribution is -2.04. The van der Waals surface area contributed by atoms with Gasteiger partial charge < -0.3 is 10.5 Å². The van der Waals surface area contributed by atoms with Crippen molar-refractivity contribution in [1.82, 2.24) is 4.98 Å². The normalized spacial score (nSPS) is 12.5. The lowest BCUT2D eigenvalue weighted by atomic mass is 10.1. The molecule has 2 rings (SSSR count). The molecule has 18 heavy (non-hydrogen) atoms. The second kappa shape index (κ2) is 5.04. The lowest BCUT2D eigenvalue weighted by Gasteiger charge is -2.07. The van der Waals surface area contributed by atoms with E-state index in [2.05, 4.69) is 4.98 Å². The van der Waals surface area contributed by atoms with E-state index in [4.69, 9.17) is 10.5 Å². The number of hydrogen-bond acceptors (Lipinski definition) is 4. The average molecular weight is 266 g/mol. The summed E-state index contributed by atoms with van der Waals surface area (Å²) in [6.45, 7) is 3.83. The summed E-state index contributed by atoms with van der Waals surface area (Å²) in [5, 5.41) is 0.841. The molecule has 2 N–H and O–H groups in total. The third-order valence-electron chi connectivity index (χ3n) is 2.62. The maximum atomic E-state index is 13.4. The number of benzene rings is 1. The number of aryl methyl sites for hydroxylation is 1. The van der Waals surface area contributed by atoms with Crippen LogP contribution in [0.25, 0.3) is 11.3 Å². The van der Waals surface area contributed by atoms with Gasteiger partial charge in [-0.05, 0) is 32.0 Å². The number of halogens is 1. The van der Waals surface area contributed by atoms with Crippen molar-refractivity contribution in [1.29, 1.82) is 0 Å². The van der Waals surface area contributed by atoms with Gasteiger partial charge in [0.05, 0.1) is 18.8 Å². The molecule has 0 amide bonds. The Morgan fingerprint density at radius 3 is 2.72 bits per heavy atom. The average Bonchev–Trinajstić information content (AvgIpc) is 2.71. The van der Waals surface area contributed by atoms with Crippen LogP contribution in [-0.4, -0.2) is 12.1 Å². The summed E-state index contributed by atoms with van der Waals surface area (Å²) < 4.78 is 18.6. The van der Waals surface area contributed by atoms with Crippen LogP contribution in [0.2, 0.25) is 0 Å². The minimum atomic E-state index is -0.305. The van der Waals surface area contributed by atoms with E-state index in [0.29, 0.717) is 11.3 Å². The molecule has 1 aromatic heterocycles. The van der Waals surface area contributed by atoms with Gasteiger partial charge in [0.1, 0.15) is 16.6 Å². The van der Waals surface area contributed by atoms with Gasteiger partial charge in [-0.25, -0.2) is 9.37 Å². The zero-order valence-corrected chi connectivity index (χ0v) is 11.3. The molecule has 1 aromatic carbocycles. The topological polar surface area (TPSA) is 48.1 Å². The molecule has 1 heterocycles. The molecule has 0 saturated carbocycles. The Labute approximate surface area is 109 Å². The SMILES string of the molecule is COc1ccc(F)cc1-c1nc(C(C)N)sc1C. The number of ether oxygens (including phenoxy) is 1. The molecule has 5 heteroatoms. The van der Waals surface area contributed by atoms with Gasteiger partial charge in [0.2, 0.25) is 0 Å². The maximum absolute atomic E-state index is 13.4. The Kier molecular flexibility index (Phi) is 3.63. The molecule has 0 aliphatic heterocycles. The fourth-order valence-corrected chi connectivity index (χ4v) is 2.62. The van der Waals surface area contributed by atoms with E-state index in [1.165, 1.54) is 23.5 Å². The first-order chi connectivity index (χ1) is 8.52. The minimum Gasteiger partial charge on any atom is -0.496 e. The highest BCUT2D eigenvalue weighted by Crippen LogP contribution is 2.35. The molecular formula is C13H15FN2OS. The second-order valence-corrected chi connectivity index (χ2v) is 5.32. The number of aromatic nitrogens is 1. The zero-order chi connectivity index (χ0) is 13.3. The number of methoxy groups -OCH3 is 1. The third-order valence-corrected chi connectivity index (χ3v) is 3.79. The van der Waals surface area contributed by atoms with Crippen molar-refractivity contribution in [3.05, 3.63) is 33.9 Å². The first-order valence-electron chi connectivity index (χ1n) is 5.59. The van der Waals surface area contributed by atoms with Crippen molar-refractivity contribution in [2.75, 3.05) is 7.11 Å². The molecule has 0 fully saturated rings. The van der Waals surface area contributed by atoms with Gasteiger partial charge in [0.15, 0.2) is 0 Å². The quantitative estimate of drug-likeness (QED) is 0.927. The Hall–Kier alpha value is -1.46. The zero-order valence-electron chi connectivity index (χ0n) is 10.5. The summed E-state index contributed by atoms with van der Waals surface area (Å²) in [5.74, 6) is 0.307. The Morgan fingerprint density at radius 1 is 1.44 bits per heavy atom. The molecule has 96 valence electrons. The van der Waals surface area contributed by atoms with Crippen LogP contribution < -0.4 is 10.5 Å². The highest BCUT2D eigenvalue weighted by Gasteiger charge is 2.16. The molecule has 0 bridgehead atoms.